The molecule has 0 saturated carbocycles. The quantitative estimate of drug-likeness (QED) is 0.913. The highest BCUT2D eigenvalue weighted by molar-refractivity contribution is 6.30. The second kappa shape index (κ2) is 6.57. The predicted octanol–water partition coefficient (Wildman–Crippen LogP) is 1.68. The van der Waals surface area contributed by atoms with E-state index in [1.165, 1.54) is 23.5 Å². The Labute approximate surface area is 144 Å². The van der Waals surface area contributed by atoms with Crippen LogP contribution in [0.15, 0.2) is 42.9 Å². The Morgan fingerprint density at radius 3 is 2.62 bits per heavy atom. The average molecular weight is 345 g/mol. The van der Waals surface area contributed by atoms with Gasteiger partial charge in [-0.3, -0.25) is 19.6 Å². The zero-order valence-corrected chi connectivity index (χ0v) is 13.7. The zero-order valence-electron chi connectivity index (χ0n) is 13.0. The van der Waals surface area contributed by atoms with Crippen LogP contribution in [0.5, 0.6) is 0 Å². The number of halogens is 1. The van der Waals surface area contributed by atoms with Crippen LogP contribution in [0, 0.1) is 0 Å². The molecule has 2 amide bonds. The maximum Gasteiger partial charge on any atom is 0.249 e. The summed E-state index contributed by atoms with van der Waals surface area (Å²) in [6, 6.07) is 7.06. The largest absolute Gasteiger partial charge is 0.367 e. The fraction of sp³-hybridized carbons (Fsp3) is 0.294. The smallest absolute Gasteiger partial charge is 0.249 e. The summed E-state index contributed by atoms with van der Waals surface area (Å²) in [6.07, 6.45) is 5.83. The van der Waals surface area contributed by atoms with Gasteiger partial charge in [0.15, 0.2) is 5.54 Å². The summed E-state index contributed by atoms with van der Waals surface area (Å²) in [5.41, 5.74) is 5.71. The van der Waals surface area contributed by atoms with E-state index < -0.39 is 11.4 Å². The molecule has 1 atom stereocenters. The summed E-state index contributed by atoms with van der Waals surface area (Å²) in [5, 5.41) is 0.610. The third-order valence-corrected chi connectivity index (χ3v) is 4.60. The van der Waals surface area contributed by atoms with E-state index in [0.29, 0.717) is 30.1 Å². The maximum absolute atomic E-state index is 12.8. The molecule has 2 N–H and O–H groups in total. The third-order valence-electron chi connectivity index (χ3n) is 4.35. The summed E-state index contributed by atoms with van der Waals surface area (Å²) in [7, 11) is 0. The van der Waals surface area contributed by atoms with Crippen LogP contribution in [-0.4, -0.2) is 33.2 Å². The van der Waals surface area contributed by atoms with Gasteiger partial charge >= 0.3 is 0 Å². The molecule has 7 heteroatoms. The van der Waals surface area contributed by atoms with E-state index in [1.807, 2.05) is 0 Å². The van der Waals surface area contributed by atoms with Crippen molar-refractivity contribution in [2.75, 3.05) is 6.54 Å². The molecule has 1 aliphatic heterocycles. The van der Waals surface area contributed by atoms with Crippen molar-refractivity contribution in [3.63, 3.8) is 0 Å². The van der Waals surface area contributed by atoms with Gasteiger partial charge in [0.25, 0.3) is 0 Å². The zero-order chi connectivity index (χ0) is 17.2. The summed E-state index contributed by atoms with van der Waals surface area (Å²) in [5.74, 6) is -0.746. The van der Waals surface area contributed by atoms with E-state index >= 15 is 0 Å². The van der Waals surface area contributed by atoms with Gasteiger partial charge in [-0.15, -0.1) is 0 Å². The molecule has 0 aliphatic carbocycles. The van der Waals surface area contributed by atoms with Crippen molar-refractivity contribution in [3.8, 4) is 0 Å². The second-order valence-corrected chi connectivity index (χ2v) is 6.20. The lowest BCUT2D eigenvalue weighted by atomic mass is 9.90. The first kappa shape index (κ1) is 16.4. The molecule has 0 radical (unpaired) electrons. The Hall–Kier alpha value is -2.47. The molecule has 24 heavy (non-hydrogen) atoms. The fourth-order valence-corrected chi connectivity index (χ4v) is 3.32. The predicted molar refractivity (Wildman–Crippen MR) is 89.0 cm³/mol. The standard InChI is InChI=1S/C17H17ClN4O2/c18-13-4-2-12(3-5-13)10-15(23)22-9-1-6-17(22,16(19)24)14-11-20-7-8-21-14/h2-5,7-8,11H,1,6,9-10H2,(H2,19,24)/t17-/m1/s1. The molecular weight excluding hydrogens is 328 g/mol. The number of carbonyl (C=O) groups excluding carboxylic acids is 2. The number of amides is 2. The van der Waals surface area contributed by atoms with E-state index in [2.05, 4.69) is 9.97 Å². The lowest BCUT2D eigenvalue weighted by Crippen LogP contribution is -2.54. The van der Waals surface area contributed by atoms with Gasteiger partial charge in [0.1, 0.15) is 0 Å². The van der Waals surface area contributed by atoms with Crippen LogP contribution in [0.4, 0.5) is 0 Å². The molecule has 2 heterocycles. The maximum atomic E-state index is 12.8. The Balaban J connectivity index is 1.91. The van der Waals surface area contributed by atoms with Gasteiger partial charge in [0.2, 0.25) is 11.8 Å². The molecule has 1 fully saturated rings. The molecule has 0 spiro atoms. The number of aromatic nitrogens is 2. The number of benzene rings is 1. The van der Waals surface area contributed by atoms with Crippen LogP contribution in [-0.2, 0) is 21.5 Å². The monoisotopic (exact) mass is 344 g/mol. The number of nitrogens with two attached hydrogens (primary N) is 1. The van der Waals surface area contributed by atoms with Gasteiger partial charge in [-0.1, -0.05) is 23.7 Å². The van der Waals surface area contributed by atoms with Crippen molar-refractivity contribution in [1.82, 2.24) is 14.9 Å². The minimum Gasteiger partial charge on any atom is -0.367 e. The number of primary amides is 1. The van der Waals surface area contributed by atoms with Crippen LogP contribution >= 0.6 is 11.6 Å². The van der Waals surface area contributed by atoms with Crippen molar-refractivity contribution in [2.24, 2.45) is 5.73 Å². The van der Waals surface area contributed by atoms with Gasteiger partial charge in [-0.2, -0.15) is 0 Å². The Bertz CT molecular complexity index is 751. The SMILES string of the molecule is NC(=O)[C@]1(c2cnccn2)CCCN1C(=O)Cc1ccc(Cl)cc1. The van der Waals surface area contributed by atoms with Crippen LogP contribution < -0.4 is 5.73 Å². The van der Waals surface area contributed by atoms with E-state index in [1.54, 1.807) is 24.3 Å². The highest BCUT2D eigenvalue weighted by atomic mass is 35.5. The summed E-state index contributed by atoms with van der Waals surface area (Å²) in [6.45, 7) is 0.464. The van der Waals surface area contributed by atoms with E-state index in [-0.39, 0.29) is 12.3 Å². The molecular formula is C17H17ClN4O2. The second-order valence-electron chi connectivity index (χ2n) is 5.77. The first-order valence-corrected chi connectivity index (χ1v) is 8.03. The molecule has 1 aliphatic rings. The van der Waals surface area contributed by atoms with Crippen molar-refractivity contribution in [1.29, 1.82) is 0 Å². The normalized spacial score (nSPS) is 20.1. The number of rotatable bonds is 4. The van der Waals surface area contributed by atoms with Crippen LogP contribution in [0.25, 0.3) is 0 Å². The van der Waals surface area contributed by atoms with E-state index in [0.717, 1.165) is 5.56 Å². The fourth-order valence-electron chi connectivity index (χ4n) is 3.19. The summed E-state index contributed by atoms with van der Waals surface area (Å²) in [4.78, 5) is 34.9. The first-order valence-electron chi connectivity index (χ1n) is 7.65. The van der Waals surface area contributed by atoms with Gasteiger partial charge < -0.3 is 10.6 Å². The highest BCUT2D eigenvalue weighted by Gasteiger charge is 2.51. The Morgan fingerprint density at radius 2 is 2.00 bits per heavy atom. The van der Waals surface area contributed by atoms with Crippen LogP contribution in [0.3, 0.4) is 0 Å². The van der Waals surface area contributed by atoms with E-state index in [4.69, 9.17) is 17.3 Å². The molecule has 2 aromatic rings. The summed E-state index contributed by atoms with van der Waals surface area (Å²) >= 11 is 5.87. The minimum atomic E-state index is -1.22. The lowest BCUT2D eigenvalue weighted by Gasteiger charge is -2.35. The van der Waals surface area contributed by atoms with Gasteiger partial charge in [0.05, 0.1) is 18.3 Å². The summed E-state index contributed by atoms with van der Waals surface area (Å²) < 4.78 is 0. The third kappa shape index (κ3) is 2.85. The number of hydrogen-bond donors (Lipinski definition) is 1. The van der Waals surface area contributed by atoms with E-state index in [9.17, 15) is 9.59 Å². The van der Waals surface area contributed by atoms with Gasteiger partial charge in [-0.25, -0.2) is 0 Å². The number of likely N-dealkylation sites (tertiary alicyclic amines) is 1. The Morgan fingerprint density at radius 1 is 1.25 bits per heavy atom. The lowest BCUT2D eigenvalue weighted by molar-refractivity contribution is -0.144. The van der Waals surface area contributed by atoms with Gasteiger partial charge in [-0.05, 0) is 30.5 Å². The average Bonchev–Trinajstić information content (AvgIpc) is 3.04. The van der Waals surface area contributed by atoms with Crippen molar-refractivity contribution in [2.45, 2.75) is 24.8 Å². The van der Waals surface area contributed by atoms with Crippen molar-refractivity contribution in [3.05, 3.63) is 59.1 Å². The first-order chi connectivity index (χ1) is 11.5. The molecule has 1 saturated heterocycles. The molecule has 0 unspecified atom stereocenters. The molecule has 0 bridgehead atoms. The molecule has 3 rings (SSSR count). The minimum absolute atomic E-state index is 0.167. The molecule has 1 aromatic carbocycles. The number of hydrogen-bond acceptors (Lipinski definition) is 4. The van der Waals surface area contributed by atoms with Gasteiger partial charge in [0, 0.05) is 24.0 Å². The molecule has 124 valence electrons. The number of carbonyl (C=O) groups is 2. The number of nitrogens with zero attached hydrogens (tertiary/aromatic N) is 3. The topological polar surface area (TPSA) is 89.2 Å². The molecule has 1 aromatic heterocycles. The van der Waals surface area contributed by atoms with Crippen LogP contribution in [0.1, 0.15) is 24.1 Å². The van der Waals surface area contributed by atoms with Crippen LogP contribution in [0.2, 0.25) is 5.02 Å². The van der Waals surface area contributed by atoms with Crippen molar-refractivity contribution >= 4 is 23.4 Å². The Kier molecular flexibility index (Phi) is 4.49. The molecule has 6 nitrogen and oxygen atoms in total. The van der Waals surface area contributed by atoms with Crippen molar-refractivity contribution < 1.29 is 9.59 Å². The highest BCUT2D eigenvalue weighted by Crippen LogP contribution is 2.38.